The molecule has 0 atom stereocenters. The molecule has 1 N–H and O–H groups in total. The van der Waals surface area contributed by atoms with Crippen molar-refractivity contribution in [1.29, 1.82) is 0 Å². The van der Waals surface area contributed by atoms with E-state index in [9.17, 15) is 14.7 Å². The van der Waals surface area contributed by atoms with Crippen molar-refractivity contribution in [3.8, 4) is 5.75 Å². The Labute approximate surface area is 139 Å². The van der Waals surface area contributed by atoms with Gasteiger partial charge in [0.05, 0.1) is 5.92 Å². The van der Waals surface area contributed by atoms with Gasteiger partial charge in [0, 0.05) is 6.07 Å². The third-order valence-electron chi connectivity index (χ3n) is 3.83. The van der Waals surface area contributed by atoms with Gasteiger partial charge in [-0.2, -0.15) is 0 Å². The van der Waals surface area contributed by atoms with Crippen LogP contribution < -0.4 is 5.63 Å². The minimum Gasteiger partial charge on any atom is -0.507 e. The Morgan fingerprint density at radius 1 is 0.958 bits per heavy atom. The Kier molecular flexibility index (Phi) is 4.29. The van der Waals surface area contributed by atoms with Gasteiger partial charge in [-0.05, 0) is 18.1 Å². The molecule has 0 aliphatic carbocycles. The maximum absolute atomic E-state index is 13.1. The smallest absolute Gasteiger partial charge is 0.350 e. The van der Waals surface area contributed by atoms with Crippen LogP contribution in [0, 0.1) is 6.92 Å². The zero-order chi connectivity index (χ0) is 17.1. The van der Waals surface area contributed by atoms with E-state index in [-0.39, 0.29) is 17.1 Å². The quantitative estimate of drug-likeness (QED) is 0.745. The molecule has 120 valence electrons. The Balaban J connectivity index is 2.17. The van der Waals surface area contributed by atoms with E-state index in [0.29, 0.717) is 0 Å². The SMILES string of the molecule is Cc1cc(O)c(C(=O)C(c2ccccc2)c2ccccc2)c(=O)o1. The second kappa shape index (κ2) is 6.54. The first-order chi connectivity index (χ1) is 11.6. The summed E-state index contributed by atoms with van der Waals surface area (Å²) in [5.74, 6) is -1.28. The molecule has 1 aromatic heterocycles. The molecule has 4 nitrogen and oxygen atoms in total. The molecule has 0 amide bonds. The summed E-state index contributed by atoms with van der Waals surface area (Å²) in [5.41, 5.74) is 0.341. The Hall–Kier alpha value is -3.14. The number of carbonyl (C=O) groups is 1. The van der Waals surface area contributed by atoms with Gasteiger partial charge in [0.1, 0.15) is 17.1 Å². The molecular weight excluding hydrogens is 304 g/mol. The minimum atomic E-state index is -0.825. The summed E-state index contributed by atoms with van der Waals surface area (Å²) >= 11 is 0. The zero-order valence-electron chi connectivity index (χ0n) is 13.1. The van der Waals surface area contributed by atoms with E-state index >= 15 is 0 Å². The van der Waals surface area contributed by atoms with Gasteiger partial charge in [-0.15, -0.1) is 0 Å². The van der Waals surface area contributed by atoms with Gasteiger partial charge in [0.15, 0.2) is 5.78 Å². The monoisotopic (exact) mass is 320 g/mol. The molecule has 4 heteroatoms. The van der Waals surface area contributed by atoms with E-state index in [4.69, 9.17) is 4.42 Å². The lowest BCUT2D eigenvalue weighted by Gasteiger charge is -2.17. The average Bonchev–Trinajstić information content (AvgIpc) is 2.56. The van der Waals surface area contributed by atoms with Crippen molar-refractivity contribution < 1.29 is 14.3 Å². The van der Waals surface area contributed by atoms with Gasteiger partial charge >= 0.3 is 5.63 Å². The van der Waals surface area contributed by atoms with Crippen LogP contribution >= 0.6 is 0 Å². The molecule has 3 rings (SSSR count). The molecule has 0 bridgehead atoms. The number of rotatable bonds is 4. The highest BCUT2D eigenvalue weighted by atomic mass is 16.4. The Bertz CT molecular complexity index is 872. The number of hydrogen-bond acceptors (Lipinski definition) is 4. The van der Waals surface area contributed by atoms with Crippen LogP contribution in [0.3, 0.4) is 0 Å². The molecule has 2 aromatic carbocycles. The molecule has 0 saturated carbocycles. The first kappa shape index (κ1) is 15.7. The summed E-state index contributed by atoms with van der Waals surface area (Å²) in [5, 5.41) is 10.1. The molecular formula is C20H16O4. The minimum absolute atomic E-state index is 0.255. The van der Waals surface area contributed by atoms with Crippen molar-refractivity contribution in [2.24, 2.45) is 0 Å². The zero-order valence-corrected chi connectivity index (χ0v) is 13.1. The van der Waals surface area contributed by atoms with Crippen LogP contribution in [0.15, 0.2) is 75.9 Å². The summed E-state index contributed by atoms with van der Waals surface area (Å²) in [4.78, 5) is 25.2. The number of carbonyl (C=O) groups excluding carboxylic acids is 1. The van der Waals surface area contributed by atoms with E-state index in [0.717, 1.165) is 11.1 Å². The first-order valence-electron chi connectivity index (χ1n) is 7.55. The van der Waals surface area contributed by atoms with Gasteiger partial charge in [-0.3, -0.25) is 4.79 Å². The lowest BCUT2D eigenvalue weighted by atomic mass is 9.85. The van der Waals surface area contributed by atoms with Crippen LogP contribution in [0.5, 0.6) is 5.75 Å². The number of benzene rings is 2. The van der Waals surface area contributed by atoms with Crippen LogP contribution in [0.1, 0.15) is 33.2 Å². The molecule has 0 radical (unpaired) electrons. The summed E-state index contributed by atoms with van der Waals surface area (Å²) in [7, 11) is 0. The average molecular weight is 320 g/mol. The highest BCUT2D eigenvalue weighted by Gasteiger charge is 2.29. The van der Waals surface area contributed by atoms with Gasteiger partial charge < -0.3 is 9.52 Å². The predicted octanol–water partition coefficient (Wildman–Crippen LogP) is 3.67. The molecule has 3 aromatic rings. The van der Waals surface area contributed by atoms with Gasteiger partial charge in [0.2, 0.25) is 0 Å². The van der Waals surface area contributed by atoms with E-state index < -0.39 is 17.3 Å². The molecule has 1 heterocycles. The van der Waals surface area contributed by atoms with Crippen LogP contribution in [0.2, 0.25) is 0 Å². The van der Waals surface area contributed by atoms with E-state index in [1.807, 2.05) is 60.7 Å². The number of aromatic hydroxyl groups is 1. The fraction of sp³-hybridized carbons (Fsp3) is 0.100. The van der Waals surface area contributed by atoms with E-state index in [1.54, 1.807) is 6.92 Å². The number of Topliss-reactive ketones (excluding diaryl/α,β-unsaturated/α-hetero) is 1. The third-order valence-corrected chi connectivity index (χ3v) is 3.83. The summed E-state index contributed by atoms with van der Waals surface area (Å²) in [6.45, 7) is 1.54. The van der Waals surface area contributed by atoms with Gasteiger partial charge in [-0.25, -0.2) is 4.79 Å². The molecule has 0 aliphatic rings. The van der Waals surface area contributed by atoms with E-state index in [1.165, 1.54) is 6.07 Å². The Morgan fingerprint density at radius 2 is 1.46 bits per heavy atom. The lowest BCUT2D eigenvalue weighted by molar-refractivity contribution is 0.0966. The summed E-state index contributed by atoms with van der Waals surface area (Å²) < 4.78 is 5.00. The fourth-order valence-electron chi connectivity index (χ4n) is 2.75. The molecule has 24 heavy (non-hydrogen) atoms. The van der Waals surface area contributed by atoms with Gasteiger partial charge in [-0.1, -0.05) is 60.7 Å². The topological polar surface area (TPSA) is 67.5 Å². The second-order valence-electron chi connectivity index (χ2n) is 5.52. The molecule has 0 fully saturated rings. The summed E-state index contributed by atoms with van der Waals surface area (Å²) in [6, 6.07) is 19.6. The van der Waals surface area contributed by atoms with Crippen molar-refractivity contribution in [1.82, 2.24) is 0 Å². The molecule has 0 saturated heterocycles. The van der Waals surface area contributed by atoms with Crippen LogP contribution in [0.4, 0.5) is 0 Å². The molecule has 0 unspecified atom stereocenters. The predicted molar refractivity (Wildman–Crippen MR) is 90.4 cm³/mol. The number of hydrogen-bond donors (Lipinski definition) is 1. The number of ketones is 1. The van der Waals surface area contributed by atoms with Gasteiger partial charge in [0.25, 0.3) is 0 Å². The van der Waals surface area contributed by atoms with Crippen molar-refractivity contribution in [3.63, 3.8) is 0 Å². The first-order valence-corrected chi connectivity index (χ1v) is 7.55. The maximum atomic E-state index is 13.1. The summed E-state index contributed by atoms with van der Waals surface area (Å²) in [6.07, 6.45) is 0. The molecule has 0 spiro atoms. The second-order valence-corrected chi connectivity index (χ2v) is 5.52. The standard InChI is InChI=1S/C20H16O4/c1-13-12-16(21)18(20(23)24-13)19(22)17(14-8-4-2-5-9-14)15-10-6-3-7-11-15/h2-12,17,21H,1H3. The van der Waals surface area contributed by atoms with Crippen LogP contribution in [-0.4, -0.2) is 10.9 Å². The highest BCUT2D eigenvalue weighted by Crippen LogP contribution is 2.30. The van der Waals surface area contributed by atoms with Crippen LogP contribution in [0.25, 0.3) is 0 Å². The van der Waals surface area contributed by atoms with Crippen molar-refractivity contribution in [2.45, 2.75) is 12.8 Å². The third kappa shape index (κ3) is 2.99. The lowest BCUT2D eigenvalue weighted by Crippen LogP contribution is -2.22. The molecule has 0 aliphatic heterocycles. The van der Waals surface area contributed by atoms with E-state index in [2.05, 4.69) is 0 Å². The highest BCUT2D eigenvalue weighted by molar-refractivity contribution is 6.04. The van der Waals surface area contributed by atoms with Crippen molar-refractivity contribution in [3.05, 3.63) is 99.6 Å². The fourth-order valence-corrected chi connectivity index (χ4v) is 2.75. The van der Waals surface area contributed by atoms with Crippen LogP contribution in [-0.2, 0) is 0 Å². The Morgan fingerprint density at radius 3 is 1.92 bits per heavy atom. The largest absolute Gasteiger partial charge is 0.507 e. The maximum Gasteiger partial charge on any atom is 0.350 e. The van der Waals surface area contributed by atoms with Crippen molar-refractivity contribution in [2.75, 3.05) is 0 Å². The number of aryl methyl sites for hydroxylation is 1. The van der Waals surface area contributed by atoms with Crippen molar-refractivity contribution >= 4 is 5.78 Å². The normalized spacial score (nSPS) is 10.8.